The Morgan fingerprint density at radius 2 is 2.19 bits per heavy atom. The predicted molar refractivity (Wildman–Crippen MR) is 61.2 cm³/mol. The van der Waals surface area contributed by atoms with Gasteiger partial charge >= 0.3 is 0 Å². The summed E-state index contributed by atoms with van der Waals surface area (Å²) >= 11 is 6.00. The van der Waals surface area contributed by atoms with Gasteiger partial charge < -0.3 is 10.5 Å². The van der Waals surface area contributed by atoms with Crippen LogP contribution in [0.5, 0.6) is 5.75 Å². The highest BCUT2D eigenvalue weighted by Crippen LogP contribution is 2.30. The van der Waals surface area contributed by atoms with E-state index in [1.165, 1.54) is 6.33 Å². The molecule has 0 spiro atoms. The smallest absolute Gasteiger partial charge is 0.153 e. The van der Waals surface area contributed by atoms with Gasteiger partial charge in [0.2, 0.25) is 0 Å². The maximum absolute atomic E-state index is 6.00. The zero-order valence-corrected chi connectivity index (χ0v) is 9.27. The number of nitrogens with zero attached hydrogens (tertiary/aromatic N) is 3. The Bertz CT molecular complexity index is 518. The van der Waals surface area contributed by atoms with Gasteiger partial charge in [0, 0.05) is 5.56 Å². The number of nitrogens with two attached hydrogens (primary N) is 1. The van der Waals surface area contributed by atoms with E-state index in [4.69, 9.17) is 22.1 Å². The van der Waals surface area contributed by atoms with Crippen LogP contribution < -0.4 is 10.5 Å². The number of halogens is 1. The molecular weight excluding hydrogens is 228 g/mol. The lowest BCUT2D eigenvalue weighted by Crippen LogP contribution is -1.98. The predicted octanol–water partition coefficient (Wildman–Crippen LogP) is 1.78. The van der Waals surface area contributed by atoms with Gasteiger partial charge in [0.15, 0.2) is 5.82 Å². The van der Waals surface area contributed by atoms with Crippen LogP contribution in [0.3, 0.4) is 0 Å². The number of methoxy groups -OCH3 is 1. The summed E-state index contributed by atoms with van der Waals surface area (Å²) in [7, 11) is 1.55. The fourth-order valence-electron chi connectivity index (χ4n) is 1.30. The van der Waals surface area contributed by atoms with Crippen molar-refractivity contribution in [3.05, 3.63) is 29.5 Å². The number of anilines is 1. The van der Waals surface area contributed by atoms with Crippen molar-refractivity contribution >= 4 is 17.4 Å². The molecule has 82 valence electrons. The summed E-state index contributed by atoms with van der Waals surface area (Å²) in [6.45, 7) is 0. The quantitative estimate of drug-likeness (QED) is 0.860. The summed E-state index contributed by atoms with van der Waals surface area (Å²) in [6, 6.07) is 5.25. The first kappa shape index (κ1) is 10.6. The SMILES string of the molecule is COc1ccc(-c2nncnc2N)cc1Cl. The molecule has 1 heterocycles. The first-order valence-corrected chi connectivity index (χ1v) is 4.87. The van der Waals surface area contributed by atoms with Gasteiger partial charge in [-0.3, -0.25) is 0 Å². The summed E-state index contributed by atoms with van der Waals surface area (Å²) in [5.74, 6) is 0.914. The number of rotatable bonds is 2. The standard InChI is InChI=1S/C10H9ClN4O/c1-16-8-3-2-6(4-7(8)11)9-10(12)13-5-14-15-9/h2-5H,1H3,(H2,12,13,14). The van der Waals surface area contributed by atoms with Gasteiger partial charge in [-0.2, -0.15) is 0 Å². The van der Waals surface area contributed by atoms with E-state index in [0.29, 0.717) is 22.3 Å². The molecule has 0 bridgehead atoms. The van der Waals surface area contributed by atoms with E-state index in [2.05, 4.69) is 15.2 Å². The molecule has 0 amide bonds. The van der Waals surface area contributed by atoms with Crippen LogP contribution in [-0.2, 0) is 0 Å². The molecule has 0 aliphatic heterocycles. The Hall–Kier alpha value is -1.88. The maximum atomic E-state index is 6.00. The Morgan fingerprint density at radius 3 is 2.81 bits per heavy atom. The van der Waals surface area contributed by atoms with Crippen LogP contribution in [0, 0.1) is 0 Å². The molecule has 0 aliphatic rings. The number of hydrogen-bond donors (Lipinski definition) is 1. The van der Waals surface area contributed by atoms with Gasteiger partial charge in [-0.05, 0) is 18.2 Å². The van der Waals surface area contributed by atoms with E-state index >= 15 is 0 Å². The van der Waals surface area contributed by atoms with E-state index in [0.717, 1.165) is 5.56 Å². The average molecular weight is 237 g/mol. The van der Waals surface area contributed by atoms with E-state index in [1.54, 1.807) is 25.3 Å². The normalized spacial score (nSPS) is 10.1. The molecule has 2 aromatic rings. The zero-order chi connectivity index (χ0) is 11.5. The topological polar surface area (TPSA) is 73.9 Å². The van der Waals surface area contributed by atoms with Crippen LogP contribution in [0.15, 0.2) is 24.5 Å². The van der Waals surface area contributed by atoms with E-state index in [-0.39, 0.29) is 0 Å². The molecule has 0 saturated carbocycles. The number of benzene rings is 1. The summed E-state index contributed by atoms with van der Waals surface area (Å²) in [5, 5.41) is 8.08. The lowest BCUT2D eigenvalue weighted by Gasteiger charge is -2.06. The third kappa shape index (κ3) is 1.90. The summed E-state index contributed by atoms with van der Waals surface area (Å²) < 4.78 is 5.05. The molecule has 6 heteroatoms. The number of aromatic nitrogens is 3. The lowest BCUT2D eigenvalue weighted by atomic mass is 10.1. The first-order chi connectivity index (χ1) is 7.72. The number of ether oxygens (including phenoxy) is 1. The molecule has 0 saturated heterocycles. The van der Waals surface area contributed by atoms with E-state index in [9.17, 15) is 0 Å². The van der Waals surface area contributed by atoms with E-state index in [1.807, 2.05) is 0 Å². The second-order valence-electron chi connectivity index (χ2n) is 3.04. The number of nitrogen functional groups attached to an aromatic ring is 1. The average Bonchev–Trinajstić information content (AvgIpc) is 2.29. The minimum atomic E-state index is 0.316. The van der Waals surface area contributed by atoms with Crippen LogP contribution in [-0.4, -0.2) is 22.3 Å². The molecular formula is C10H9ClN4O. The van der Waals surface area contributed by atoms with Crippen molar-refractivity contribution < 1.29 is 4.74 Å². The van der Waals surface area contributed by atoms with Gasteiger partial charge in [0.25, 0.3) is 0 Å². The molecule has 0 atom stereocenters. The molecule has 2 N–H and O–H groups in total. The second-order valence-corrected chi connectivity index (χ2v) is 3.45. The highest BCUT2D eigenvalue weighted by Gasteiger charge is 2.08. The van der Waals surface area contributed by atoms with Gasteiger partial charge in [-0.25, -0.2) is 4.98 Å². The molecule has 0 unspecified atom stereocenters. The molecule has 16 heavy (non-hydrogen) atoms. The van der Waals surface area contributed by atoms with Crippen LogP contribution in [0.2, 0.25) is 5.02 Å². The van der Waals surface area contributed by atoms with Gasteiger partial charge in [-0.15, -0.1) is 10.2 Å². The summed E-state index contributed by atoms with van der Waals surface area (Å²) in [6.07, 6.45) is 1.30. The van der Waals surface area contributed by atoms with Crippen LogP contribution >= 0.6 is 11.6 Å². The summed E-state index contributed by atoms with van der Waals surface area (Å²) in [5.41, 5.74) is 6.95. The molecule has 1 aromatic heterocycles. The molecule has 2 rings (SSSR count). The Balaban J connectivity index is 2.50. The molecule has 0 aliphatic carbocycles. The highest BCUT2D eigenvalue weighted by molar-refractivity contribution is 6.32. The third-order valence-electron chi connectivity index (χ3n) is 2.07. The van der Waals surface area contributed by atoms with Crippen LogP contribution in [0.1, 0.15) is 0 Å². The second kappa shape index (κ2) is 4.32. The van der Waals surface area contributed by atoms with E-state index < -0.39 is 0 Å². The van der Waals surface area contributed by atoms with Gasteiger partial charge in [0.1, 0.15) is 17.8 Å². The fraction of sp³-hybridized carbons (Fsp3) is 0.100. The Morgan fingerprint density at radius 1 is 1.38 bits per heavy atom. The number of hydrogen-bond acceptors (Lipinski definition) is 5. The molecule has 0 radical (unpaired) electrons. The fourth-order valence-corrected chi connectivity index (χ4v) is 1.56. The third-order valence-corrected chi connectivity index (χ3v) is 2.37. The monoisotopic (exact) mass is 236 g/mol. The maximum Gasteiger partial charge on any atom is 0.153 e. The lowest BCUT2D eigenvalue weighted by molar-refractivity contribution is 0.415. The van der Waals surface area contributed by atoms with Crippen LogP contribution in [0.25, 0.3) is 11.3 Å². The van der Waals surface area contributed by atoms with Crippen molar-refractivity contribution in [3.63, 3.8) is 0 Å². The van der Waals surface area contributed by atoms with Crippen molar-refractivity contribution in [1.82, 2.24) is 15.2 Å². The Labute approximate surface area is 97.2 Å². The van der Waals surface area contributed by atoms with Gasteiger partial charge in [-0.1, -0.05) is 11.6 Å². The van der Waals surface area contributed by atoms with Crippen molar-refractivity contribution in [2.75, 3.05) is 12.8 Å². The minimum Gasteiger partial charge on any atom is -0.495 e. The summed E-state index contributed by atoms with van der Waals surface area (Å²) in [4.78, 5) is 3.86. The molecule has 0 fully saturated rings. The van der Waals surface area contributed by atoms with Gasteiger partial charge in [0.05, 0.1) is 12.1 Å². The Kier molecular flexibility index (Phi) is 2.87. The van der Waals surface area contributed by atoms with Crippen molar-refractivity contribution in [3.8, 4) is 17.0 Å². The first-order valence-electron chi connectivity index (χ1n) is 4.49. The van der Waals surface area contributed by atoms with Crippen molar-refractivity contribution in [2.24, 2.45) is 0 Å². The van der Waals surface area contributed by atoms with Crippen LogP contribution in [0.4, 0.5) is 5.82 Å². The van der Waals surface area contributed by atoms with Crippen molar-refractivity contribution in [1.29, 1.82) is 0 Å². The molecule has 1 aromatic carbocycles. The molecule has 5 nitrogen and oxygen atoms in total. The minimum absolute atomic E-state index is 0.316. The highest BCUT2D eigenvalue weighted by atomic mass is 35.5. The van der Waals surface area contributed by atoms with Crippen molar-refractivity contribution in [2.45, 2.75) is 0 Å². The largest absolute Gasteiger partial charge is 0.495 e. The zero-order valence-electron chi connectivity index (χ0n) is 8.51.